The molecule has 3 heterocycles. The van der Waals surface area contributed by atoms with Gasteiger partial charge in [0.05, 0.1) is 0 Å². The molecule has 1 aromatic carbocycles. The average molecular weight is 328 g/mol. The third-order valence-electron chi connectivity index (χ3n) is 4.58. The molecular formula is C17H20N4O3. The van der Waals surface area contributed by atoms with Gasteiger partial charge >= 0.3 is 0 Å². The molecule has 2 aliphatic rings. The Morgan fingerprint density at radius 2 is 2.25 bits per heavy atom. The van der Waals surface area contributed by atoms with Crippen LogP contribution in [-0.2, 0) is 6.42 Å². The van der Waals surface area contributed by atoms with Gasteiger partial charge in [0.1, 0.15) is 5.82 Å². The fraction of sp³-hybridized carbons (Fsp3) is 0.471. The van der Waals surface area contributed by atoms with E-state index >= 15 is 0 Å². The van der Waals surface area contributed by atoms with E-state index < -0.39 is 0 Å². The van der Waals surface area contributed by atoms with Crippen LogP contribution in [0.3, 0.4) is 0 Å². The van der Waals surface area contributed by atoms with Crippen LogP contribution in [-0.4, -0.2) is 45.9 Å². The molecule has 24 heavy (non-hydrogen) atoms. The highest BCUT2D eigenvalue weighted by Crippen LogP contribution is 2.33. The Balaban J connectivity index is 1.50. The predicted molar refractivity (Wildman–Crippen MR) is 86.2 cm³/mol. The average Bonchev–Trinajstić information content (AvgIpc) is 3.29. The molecule has 7 nitrogen and oxygen atoms in total. The zero-order valence-corrected chi connectivity index (χ0v) is 13.6. The van der Waals surface area contributed by atoms with E-state index in [0.717, 1.165) is 37.5 Å². The van der Waals surface area contributed by atoms with Crippen molar-refractivity contribution in [2.45, 2.75) is 32.1 Å². The van der Waals surface area contributed by atoms with Gasteiger partial charge in [-0.1, -0.05) is 6.92 Å². The number of carbonyl (C=O) groups excluding carboxylic acids is 1. The van der Waals surface area contributed by atoms with Crippen molar-refractivity contribution >= 4 is 5.91 Å². The molecule has 0 unspecified atom stereocenters. The lowest BCUT2D eigenvalue weighted by atomic mass is 9.96. The summed E-state index contributed by atoms with van der Waals surface area (Å²) >= 11 is 0. The third kappa shape index (κ3) is 2.70. The molecule has 1 atom stereocenters. The number of nitrogens with zero attached hydrogens (tertiary/aromatic N) is 3. The van der Waals surface area contributed by atoms with E-state index in [1.165, 1.54) is 0 Å². The molecule has 0 radical (unpaired) electrons. The van der Waals surface area contributed by atoms with Crippen molar-refractivity contribution in [3.8, 4) is 11.5 Å². The Hall–Kier alpha value is -2.57. The van der Waals surface area contributed by atoms with E-state index in [0.29, 0.717) is 23.6 Å². The Morgan fingerprint density at radius 1 is 1.38 bits per heavy atom. The molecule has 0 spiro atoms. The predicted octanol–water partition coefficient (Wildman–Crippen LogP) is 2.12. The van der Waals surface area contributed by atoms with Crippen LogP contribution in [0.5, 0.6) is 11.5 Å². The summed E-state index contributed by atoms with van der Waals surface area (Å²) in [6.07, 6.45) is 2.79. The Labute approximate surface area is 140 Å². The summed E-state index contributed by atoms with van der Waals surface area (Å²) in [5, 5.41) is 7.28. The summed E-state index contributed by atoms with van der Waals surface area (Å²) in [5.41, 5.74) is 0.629. The SMILES string of the molecule is CCc1nc([C@H]2CCCN(C(=O)c3ccc4c(c3)OCO4)C2)n[nH]1. The molecule has 126 valence electrons. The lowest BCUT2D eigenvalue weighted by Gasteiger charge is -2.31. The summed E-state index contributed by atoms with van der Waals surface area (Å²) in [5.74, 6) is 3.24. The third-order valence-corrected chi connectivity index (χ3v) is 4.58. The van der Waals surface area contributed by atoms with E-state index in [1.54, 1.807) is 18.2 Å². The first-order valence-corrected chi connectivity index (χ1v) is 8.34. The number of aryl methyl sites for hydroxylation is 1. The largest absolute Gasteiger partial charge is 0.454 e. The zero-order chi connectivity index (χ0) is 16.5. The van der Waals surface area contributed by atoms with Gasteiger partial charge in [-0.3, -0.25) is 9.89 Å². The molecule has 1 saturated heterocycles. The highest BCUT2D eigenvalue weighted by atomic mass is 16.7. The molecule has 4 rings (SSSR count). The number of benzene rings is 1. The number of aromatic amines is 1. The minimum atomic E-state index is 0.0178. The van der Waals surface area contributed by atoms with Gasteiger partial charge in [0.25, 0.3) is 5.91 Å². The molecule has 0 saturated carbocycles. The fourth-order valence-electron chi connectivity index (χ4n) is 3.24. The van der Waals surface area contributed by atoms with E-state index in [-0.39, 0.29) is 18.6 Å². The van der Waals surface area contributed by atoms with E-state index in [1.807, 2.05) is 11.8 Å². The highest BCUT2D eigenvalue weighted by Gasteiger charge is 2.28. The number of H-pyrrole nitrogens is 1. The summed E-state index contributed by atoms with van der Waals surface area (Å²) in [6, 6.07) is 5.34. The Bertz CT molecular complexity index is 758. The molecule has 0 bridgehead atoms. The second-order valence-corrected chi connectivity index (χ2v) is 6.15. The van der Waals surface area contributed by atoms with Gasteiger partial charge in [-0.05, 0) is 31.0 Å². The minimum absolute atomic E-state index is 0.0178. The standard InChI is InChI=1S/C17H20N4O3/c1-2-15-18-16(20-19-15)12-4-3-7-21(9-12)17(22)11-5-6-13-14(8-11)24-10-23-13/h5-6,8,12H,2-4,7,9-10H2,1H3,(H,18,19,20)/t12-/m0/s1. The smallest absolute Gasteiger partial charge is 0.254 e. The van der Waals surface area contributed by atoms with Gasteiger partial charge in [0, 0.05) is 31.0 Å². The van der Waals surface area contributed by atoms with Crippen LogP contribution in [0.2, 0.25) is 0 Å². The van der Waals surface area contributed by atoms with Gasteiger partial charge in [-0.2, -0.15) is 5.10 Å². The number of carbonyl (C=O) groups is 1. The number of piperidine rings is 1. The number of likely N-dealkylation sites (tertiary alicyclic amines) is 1. The lowest BCUT2D eigenvalue weighted by Crippen LogP contribution is -2.39. The minimum Gasteiger partial charge on any atom is -0.454 e. The van der Waals surface area contributed by atoms with Gasteiger partial charge in [0.2, 0.25) is 6.79 Å². The van der Waals surface area contributed by atoms with Crippen molar-refractivity contribution in [1.82, 2.24) is 20.1 Å². The van der Waals surface area contributed by atoms with Crippen LogP contribution >= 0.6 is 0 Å². The summed E-state index contributed by atoms with van der Waals surface area (Å²) in [4.78, 5) is 19.2. The van der Waals surface area contributed by atoms with E-state index in [2.05, 4.69) is 15.2 Å². The number of ether oxygens (including phenoxy) is 2. The van der Waals surface area contributed by atoms with Crippen molar-refractivity contribution in [1.29, 1.82) is 0 Å². The molecule has 0 aliphatic carbocycles. The number of hydrogen-bond donors (Lipinski definition) is 1. The van der Waals surface area contributed by atoms with Crippen molar-refractivity contribution in [3.05, 3.63) is 35.4 Å². The van der Waals surface area contributed by atoms with Crippen LogP contribution < -0.4 is 9.47 Å². The molecule has 7 heteroatoms. The first kappa shape index (κ1) is 15.0. The monoisotopic (exact) mass is 328 g/mol. The Morgan fingerprint density at radius 3 is 3.08 bits per heavy atom. The number of amides is 1. The maximum atomic E-state index is 12.8. The van der Waals surface area contributed by atoms with Crippen molar-refractivity contribution < 1.29 is 14.3 Å². The number of nitrogens with one attached hydrogen (secondary N) is 1. The molecular weight excluding hydrogens is 308 g/mol. The van der Waals surface area contributed by atoms with Crippen LogP contribution in [0.15, 0.2) is 18.2 Å². The fourth-order valence-corrected chi connectivity index (χ4v) is 3.24. The normalized spacial score (nSPS) is 19.5. The number of fused-ring (bicyclic) bond motifs is 1. The quantitative estimate of drug-likeness (QED) is 0.933. The van der Waals surface area contributed by atoms with Gasteiger partial charge < -0.3 is 14.4 Å². The molecule has 1 N–H and O–H groups in total. The van der Waals surface area contributed by atoms with Crippen LogP contribution in [0.25, 0.3) is 0 Å². The molecule has 1 amide bonds. The molecule has 2 aliphatic heterocycles. The maximum absolute atomic E-state index is 12.8. The highest BCUT2D eigenvalue weighted by molar-refractivity contribution is 5.95. The van der Waals surface area contributed by atoms with Crippen LogP contribution in [0.1, 0.15) is 47.7 Å². The summed E-state index contributed by atoms with van der Waals surface area (Å²) < 4.78 is 10.7. The number of aromatic nitrogens is 3. The van der Waals surface area contributed by atoms with Crippen LogP contribution in [0.4, 0.5) is 0 Å². The number of hydrogen-bond acceptors (Lipinski definition) is 5. The molecule has 1 fully saturated rings. The van der Waals surface area contributed by atoms with Crippen LogP contribution in [0, 0.1) is 0 Å². The summed E-state index contributed by atoms with van der Waals surface area (Å²) in [6.45, 7) is 3.66. The second kappa shape index (κ2) is 6.14. The molecule has 1 aromatic heterocycles. The molecule has 2 aromatic rings. The van der Waals surface area contributed by atoms with Gasteiger partial charge in [-0.15, -0.1) is 0 Å². The lowest BCUT2D eigenvalue weighted by molar-refractivity contribution is 0.0704. The number of rotatable bonds is 3. The first-order chi connectivity index (χ1) is 11.7. The van der Waals surface area contributed by atoms with Crippen molar-refractivity contribution in [3.63, 3.8) is 0 Å². The van der Waals surface area contributed by atoms with E-state index in [4.69, 9.17) is 9.47 Å². The topological polar surface area (TPSA) is 80.3 Å². The summed E-state index contributed by atoms with van der Waals surface area (Å²) in [7, 11) is 0. The van der Waals surface area contributed by atoms with Gasteiger partial charge in [-0.25, -0.2) is 4.98 Å². The second-order valence-electron chi connectivity index (χ2n) is 6.15. The van der Waals surface area contributed by atoms with E-state index in [9.17, 15) is 4.79 Å². The van der Waals surface area contributed by atoms with Gasteiger partial charge in [0.15, 0.2) is 17.3 Å². The first-order valence-electron chi connectivity index (χ1n) is 8.34. The van der Waals surface area contributed by atoms with Crippen molar-refractivity contribution in [2.24, 2.45) is 0 Å². The Kier molecular flexibility index (Phi) is 3.84. The zero-order valence-electron chi connectivity index (χ0n) is 13.6. The van der Waals surface area contributed by atoms with Crippen molar-refractivity contribution in [2.75, 3.05) is 19.9 Å². The maximum Gasteiger partial charge on any atom is 0.254 e.